The molecule has 2 saturated heterocycles. The van der Waals surface area contributed by atoms with Gasteiger partial charge in [-0.1, -0.05) is 6.92 Å². The fourth-order valence-electron chi connectivity index (χ4n) is 3.35. The van der Waals surface area contributed by atoms with Crippen LogP contribution in [-0.4, -0.2) is 53.2 Å². The van der Waals surface area contributed by atoms with E-state index in [4.69, 9.17) is 4.74 Å². The molecule has 120 valence electrons. The van der Waals surface area contributed by atoms with E-state index in [1.54, 1.807) is 11.1 Å². The number of thiazole rings is 1. The van der Waals surface area contributed by atoms with Crippen LogP contribution in [0.2, 0.25) is 0 Å². The first kappa shape index (κ1) is 15.4. The van der Waals surface area contributed by atoms with Gasteiger partial charge in [0.1, 0.15) is 4.88 Å². The molecule has 2 aliphatic rings. The topological polar surface area (TPSA) is 79.7 Å². The number of hydrogen-bond acceptors (Lipinski definition) is 5. The van der Waals surface area contributed by atoms with Gasteiger partial charge in [0.05, 0.1) is 23.2 Å². The summed E-state index contributed by atoms with van der Waals surface area (Å²) in [7, 11) is 0. The number of aliphatic carboxylic acids is 1. The zero-order chi connectivity index (χ0) is 15.7. The highest BCUT2D eigenvalue weighted by molar-refractivity contribution is 7.13. The Kier molecular flexibility index (Phi) is 4.18. The smallest absolute Gasteiger partial charge is 0.311 e. The predicted molar refractivity (Wildman–Crippen MR) is 81.0 cm³/mol. The van der Waals surface area contributed by atoms with Gasteiger partial charge in [0.25, 0.3) is 5.91 Å². The highest BCUT2D eigenvalue weighted by atomic mass is 32.1. The van der Waals surface area contributed by atoms with E-state index in [-0.39, 0.29) is 18.4 Å². The Labute approximate surface area is 133 Å². The Hall–Kier alpha value is -1.47. The number of aromatic nitrogens is 1. The summed E-state index contributed by atoms with van der Waals surface area (Å²) in [4.78, 5) is 30.9. The first-order valence-electron chi connectivity index (χ1n) is 7.62. The van der Waals surface area contributed by atoms with Gasteiger partial charge in [-0.25, -0.2) is 4.98 Å². The van der Waals surface area contributed by atoms with E-state index in [1.807, 2.05) is 0 Å². The van der Waals surface area contributed by atoms with Crippen LogP contribution < -0.4 is 0 Å². The minimum absolute atomic E-state index is 0.102. The number of carboxylic acids is 1. The molecular formula is C15H20N2O4S. The third-order valence-corrected chi connectivity index (χ3v) is 5.69. The molecule has 7 heteroatoms. The van der Waals surface area contributed by atoms with Gasteiger partial charge in [0, 0.05) is 25.6 Å². The number of carbonyl (C=O) groups excluding carboxylic acids is 1. The summed E-state index contributed by atoms with van der Waals surface area (Å²) in [6.07, 6.45) is 3.95. The Morgan fingerprint density at radius 1 is 1.59 bits per heavy atom. The average Bonchev–Trinajstić information content (AvgIpc) is 3.11. The number of likely N-dealkylation sites (tertiary alicyclic amines) is 1. The first-order valence-corrected chi connectivity index (χ1v) is 8.43. The lowest BCUT2D eigenvalue weighted by Gasteiger charge is -2.33. The second kappa shape index (κ2) is 5.96. The van der Waals surface area contributed by atoms with E-state index in [0.29, 0.717) is 31.1 Å². The van der Waals surface area contributed by atoms with Crippen molar-refractivity contribution in [3.63, 3.8) is 0 Å². The molecule has 0 aliphatic carbocycles. The number of nitrogens with zero attached hydrogens (tertiary/aromatic N) is 2. The zero-order valence-electron chi connectivity index (χ0n) is 12.6. The fourth-order valence-corrected chi connectivity index (χ4v) is 4.34. The minimum Gasteiger partial charge on any atom is -0.481 e. The summed E-state index contributed by atoms with van der Waals surface area (Å²) < 4.78 is 5.42. The van der Waals surface area contributed by atoms with Crippen LogP contribution in [0.3, 0.4) is 0 Å². The van der Waals surface area contributed by atoms with Gasteiger partial charge in [-0.2, -0.15) is 0 Å². The van der Waals surface area contributed by atoms with Crippen molar-refractivity contribution in [3.8, 4) is 0 Å². The van der Waals surface area contributed by atoms with E-state index in [0.717, 1.165) is 17.8 Å². The maximum atomic E-state index is 12.6. The van der Waals surface area contributed by atoms with Crippen LogP contribution in [0.4, 0.5) is 0 Å². The third-order valence-electron chi connectivity index (χ3n) is 4.65. The minimum atomic E-state index is -0.842. The van der Waals surface area contributed by atoms with E-state index < -0.39 is 11.4 Å². The molecule has 1 aromatic heterocycles. The second-order valence-electron chi connectivity index (χ2n) is 6.04. The normalized spacial score (nSPS) is 27.7. The molecule has 6 nitrogen and oxygen atoms in total. The van der Waals surface area contributed by atoms with Gasteiger partial charge in [0.15, 0.2) is 0 Å². The van der Waals surface area contributed by atoms with E-state index in [9.17, 15) is 14.7 Å². The number of rotatable bonds is 4. The molecule has 0 saturated carbocycles. The van der Waals surface area contributed by atoms with Crippen LogP contribution >= 0.6 is 11.3 Å². The van der Waals surface area contributed by atoms with Crippen molar-refractivity contribution in [1.82, 2.24) is 9.88 Å². The molecule has 0 radical (unpaired) electrons. The van der Waals surface area contributed by atoms with Gasteiger partial charge in [-0.05, 0) is 19.3 Å². The Morgan fingerprint density at radius 3 is 3.09 bits per heavy atom. The molecule has 0 unspecified atom stereocenters. The molecule has 0 aromatic carbocycles. The molecule has 1 aromatic rings. The highest BCUT2D eigenvalue weighted by Gasteiger charge is 2.55. The van der Waals surface area contributed by atoms with Crippen molar-refractivity contribution < 1.29 is 19.4 Å². The predicted octanol–water partition coefficient (Wildman–Crippen LogP) is 1.66. The SMILES string of the molecule is CCCc1ncc(C(=O)N2C[C@H]3COCC[C@@]3(C(=O)O)C2)s1. The Balaban J connectivity index is 1.78. The molecule has 0 bridgehead atoms. The van der Waals surface area contributed by atoms with E-state index in [1.165, 1.54) is 11.3 Å². The first-order chi connectivity index (χ1) is 10.6. The Morgan fingerprint density at radius 2 is 2.41 bits per heavy atom. The molecule has 22 heavy (non-hydrogen) atoms. The van der Waals surface area contributed by atoms with Crippen molar-refractivity contribution >= 4 is 23.2 Å². The van der Waals surface area contributed by atoms with Crippen LogP contribution in [0, 0.1) is 11.3 Å². The van der Waals surface area contributed by atoms with Crippen molar-refractivity contribution in [2.75, 3.05) is 26.3 Å². The highest BCUT2D eigenvalue weighted by Crippen LogP contribution is 2.43. The standard InChI is InChI=1S/C15H20N2O4S/c1-2-3-12-16-6-11(22-12)13(18)17-7-10-8-21-5-4-15(10,9-17)14(19)20/h6,10H,2-5,7-9H2,1H3,(H,19,20)/t10-,15+/m0/s1. The number of fused-ring (bicyclic) bond motifs is 1. The number of carbonyl (C=O) groups is 2. The van der Waals surface area contributed by atoms with Gasteiger partial charge >= 0.3 is 5.97 Å². The maximum absolute atomic E-state index is 12.6. The summed E-state index contributed by atoms with van der Waals surface area (Å²) in [6, 6.07) is 0. The molecule has 1 N–H and O–H groups in total. The molecule has 2 fully saturated rings. The molecule has 1 amide bonds. The summed E-state index contributed by atoms with van der Waals surface area (Å²) in [5, 5.41) is 10.6. The lowest BCUT2D eigenvalue weighted by molar-refractivity contribution is -0.157. The van der Waals surface area contributed by atoms with Gasteiger partial charge in [0.2, 0.25) is 0 Å². The quantitative estimate of drug-likeness (QED) is 0.911. The summed E-state index contributed by atoms with van der Waals surface area (Å²) >= 11 is 1.41. The molecule has 2 atom stereocenters. The van der Waals surface area contributed by atoms with Crippen molar-refractivity contribution in [3.05, 3.63) is 16.1 Å². The van der Waals surface area contributed by atoms with Gasteiger partial charge in [-0.15, -0.1) is 11.3 Å². The number of ether oxygens (including phenoxy) is 1. The monoisotopic (exact) mass is 324 g/mol. The molecule has 3 heterocycles. The van der Waals surface area contributed by atoms with E-state index >= 15 is 0 Å². The van der Waals surface area contributed by atoms with Crippen molar-refractivity contribution in [1.29, 1.82) is 0 Å². The molecular weight excluding hydrogens is 304 g/mol. The summed E-state index contributed by atoms with van der Waals surface area (Å²) in [5.74, 6) is -1.03. The van der Waals surface area contributed by atoms with Gasteiger partial charge in [-0.3, -0.25) is 9.59 Å². The van der Waals surface area contributed by atoms with Gasteiger partial charge < -0.3 is 14.7 Å². The van der Waals surface area contributed by atoms with E-state index in [2.05, 4.69) is 11.9 Å². The molecule has 3 rings (SSSR count). The number of hydrogen-bond donors (Lipinski definition) is 1. The molecule has 0 spiro atoms. The lowest BCUT2D eigenvalue weighted by atomic mass is 9.74. The number of aryl methyl sites for hydroxylation is 1. The maximum Gasteiger partial charge on any atom is 0.311 e. The lowest BCUT2D eigenvalue weighted by Crippen LogP contribution is -2.45. The van der Waals surface area contributed by atoms with Crippen LogP contribution in [0.15, 0.2) is 6.20 Å². The van der Waals surface area contributed by atoms with Crippen LogP contribution in [0.1, 0.15) is 34.4 Å². The molecule has 2 aliphatic heterocycles. The zero-order valence-corrected chi connectivity index (χ0v) is 13.4. The average molecular weight is 324 g/mol. The van der Waals surface area contributed by atoms with Crippen LogP contribution in [-0.2, 0) is 16.0 Å². The summed E-state index contributed by atoms with van der Waals surface area (Å²) in [6.45, 7) is 3.67. The number of carboxylic acid groups (broad SMARTS) is 1. The Bertz CT molecular complexity index is 588. The van der Waals surface area contributed by atoms with Crippen molar-refractivity contribution in [2.45, 2.75) is 26.2 Å². The largest absolute Gasteiger partial charge is 0.481 e. The van der Waals surface area contributed by atoms with Crippen LogP contribution in [0.25, 0.3) is 0 Å². The number of amides is 1. The van der Waals surface area contributed by atoms with Crippen LogP contribution in [0.5, 0.6) is 0 Å². The third kappa shape index (κ3) is 2.52. The fraction of sp³-hybridized carbons (Fsp3) is 0.667. The van der Waals surface area contributed by atoms with Crippen molar-refractivity contribution in [2.24, 2.45) is 11.3 Å². The second-order valence-corrected chi connectivity index (χ2v) is 7.15. The summed E-state index contributed by atoms with van der Waals surface area (Å²) in [5.41, 5.74) is -0.842.